The van der Waals surface area contributed by atoms with Gasteiger partial charge in [-0.25, -0.2) is 0 Å². The standard InChI is InChI=1S/C20H20ClN3O2/c21-16-4-5-18-14(11-16)6-8-24(18)9-7-19(25)22-12-15-10-13-2-1-3-17(13)23-20(15)26/h4-6,8,10-11H,1-3,7,9,12H2,(H,22,25)(H,23,26). The molecule has 0 saturated carbocycles. The maximum absolute atomic E-state index is 12.2. The number of fused-ring (bicyclic) bond motifs is 2. The molecule has 2 aromatic heterocycles. The summed E-state index contributed by atoms with van der Waals surface area (Å²) in [6.07, 6.45) is 5.33. The lowest BCUT2D eigenvalue weighted by molar-refractivity contribution is -0.121. The number of hydrogen-bond acceptors (Lipinski definition) is 2. The molecule has 0 aliphatic heterocycles. The average molecular weight is 370 g/mol. The minimum atomic E-state index is -0.0979. The first-order chi connectivity index (χ1) is 12.6. The van der Waals surface area contributed by atoms with Crippen LogP contribution in [0, 0.1) is 0 Å². The van der Waals surface area contributed by atoms with Crippen molar-refractivity contribution in [1.82, 2.24) is 14.9 Å². The highest BCUT2D eigenvalue weighted by atomic mass is 35.5. The van der Waals surface area contributed by atoms with Gasteiger partial charge in [0.2, 0.25) is 5.91 Å². The lowest BCUT2D eigenvalue weighted by Crippen LogP contribution is -2.27. The Bertz CT molecular complexity index is 1040. The van der Waals surface area contributed by atoms with Crippen LogP contribution in [0.1, 0.15) is 29.7 Å². The van der Waals surface area contributed by atoms with E-state index in [9.17, 15) is 9.59 Å². The van der Waals surface area contributed by atoms with E-state index in [0.717, 1.165) is 35.9 Å². The molecule has 0 spiro atoms. The molecule has 4 rings (SSSR count). The van der Waals surface area contributed by atoms with Gasteiger partial charge in [0, 0.05) is 52.9 Å². The summed E-state index contributed by atoms with van der Waals surface area (Å²) in [7, 11) is 0. The molecule has 1 amide bonds. The van der Waals surface area contributed by atoms with Gasteiger partial charge in [-0.05, 0) is 55.2 Å². The van der Waals surface area contributed by atoms with E-state index in [1.165, 1.54) is 5.56 Å². The smallest absolute Gasteiger partial charge is 0.253 e. The topological polar surface area (TPSA) is 66.9 Å². The summed E-state index contributed by atoms with van der Waals surface area (Å²) in [6, 6.07) is 9.64. The molecule has 1 aliphatic carbocycles. The number of aromatic nitrogens is 2. The molecule has 3 aromatic rings. The molecule has 0 saturated heterocycles. The predicted molar refractivity (Wildman–Crippen MR) is 102 cm³/mol. The van der Waals surface area contributed by atoms with Crippen LogP contribution in [-0.4, -0.2) is 15.5 Å². The third-order valence-electron chi connectivity index (χ3n) is 4.95. The zero-order valence-corrected chi connectivity index (χ0v) is 15.1. The van der Waals surface area contributed by atoms with Crippen LogP contribution in [0.25, 0.3) is 10.9 Å². The third kappa shape index (κ3) is 3.40. The number of halogens is 1. The summed E-state index contributed by atoms with van der Waals surface area (Å²) >= 11 is 6.00. The van der Waals surface area contributed by atoms with Crippen molar-refractivity contribution < 1.29 is 4.79 Å². The molecular weight excluding hydrogens is 350 g/mol. The Hall–Kier alpha value is -2.53. The van der Waals surface area contributed by atoms with Crippen LogP contribution in [0.3, 0.4) is 0 Å². The molecule has 2 N–H and O–H groups in total. The van der Waals surface area contributed by atoms with Gasteiger partial charge in [0.05, 0.1) is 0 Å². The molecule has 2 heterocycles. The number of carbonyl (C=O) groups is 1. The van der Waals surface area contributed by atoms with Gasteiger partial charge in [-0.2, -0.15) is 0 Å². The van der Waals surface area contributed by atoms with E-state index in [2.05, 4.69) is 10.3 Å². The molecule has 1 aromatic carbocycles. The summed E-state index contributed by atoms with van der Waals surface area (Å²) in [6.45, 7) is 0.848. The number of amides is 1. The Kier molecular flexibility index (Phi) is 4.55. The molecule has 0 fully saturated rings. The summed E-state index contributed by atoms with van der Waals surface area (Å²) < 4.78 is 2.04. The van der Waals surface area contributed by atoms with E-state index in [4.69, 9.17) is 11.6 Å². The molecule has 6 heteroatoms. The number of carbonyl (C=O) groups excluding carboxylic acids is 1. The van der Waals surface area contributed by atoms with Crippen LogP contribution < -0.4 is 10.9 Å². The van der Waals surface area contributed by atoms with Crippen LogP contribution in [-0.2, 0) is 30.7 Å². The fourth-order valence-electron chi connectivity index (χ4n) is 3.56. The zero-order valence-electron chi connectivity index (χ0n) is 14.3. The number of hydrogen-bond donors (Lipinski definition) is 2. The number of benzene rings is 1. The van der Waals surface area contributed by atoms with Crippen molar-refractivity contribution in [3.8, 4) is 0 Å². The molecular formula is C20H20ClN3O2. The Morgan fingerprint density at radius 2 is 2.12 bits per heavy atom. The van der Waals surface area contributed by atoms with Gasteiger partial charge < -0.3 is 14.9 Å². The van der Waals surface area contributed by atoms with Gasteiger partial charge in [0.25, 0.3) is 5.56 Å². The zero-order chi connectivity index (χ0) is 18.1. The minimum Gasteiger partial charge on any atom is -0.352 e. The number of nitrogens with zero attached hydrogens (tertiary/aromatic N) is 1. The van der Waals surface area contributed by atoms with Crippen LogP contribution >= 0.6 is 11.6 Å². The fraction of sp³-hybridized carbons (Fsp3) is 0.300. The van der Waals surface area contributed by atoms with Crippen LogP contribution in [0.2, 0.25) is 5.02 Å². The van der Waals surface area contributed by atoms with E-state index >= 15 is 0 Å². The van der Waals surface area contributed by atoms with Gasteiger partial charge in [0.1, 0.15) is 0 Å². The lowest BCUT2D eigenvalue weighted by atomic mass is 10.1. The Labute approximate surface area is 156 Å². The highest BCUT2D eigenvalue weighted by Gasteiger charge is 2.14. The van der Waals surface area contributed by atoms with Gasteiger partial charge in [0.15, 0.2) is 0 Å². The first-order valence-corrected chi connectivity index (χ1v) is 9.23. The highest BCUT2D eigenvalue weighted by molar-refractivity contribution is 6.31. The number of aryl methyl sites for hydroxylation is 3. The normalized spacial score (nSPS) is 13.1. The average Bonchev–Trinajstić information content (AvgIpc) is 3.23. The van der Waals surface area contributed by atoms with Crippen molar-refractivity contribution in [2.75, 3.05) is 0 Å². The van der Waals surface area contributed by atoms with Crippen molar-refractivity contribution in [3.63, 3.8) is 0 Å². The van der Waals surface area contributed by atoms with Gasteiger partial charge >= 0.3 is 0 Å². The van der Waals surface area contributed by atoms with Gasteiger partial charge in [-0.15, -0.1) is 0 Å². The molecule has 1 aliphatic rings. The van der Waals surface area contributed by atoms with Crippen LogP contribution in [0.15, 0.2) is 41.3 Å². The first kappa shape index (κ1) is 16.9. The van der Waals surface area contributed by atoms with E-state index in [-0.39, 0.29) is 18.0 Å². The van der Waals surface area contributed by atoms with Crippen molar-refractivity contribution >= 4 is 28.4 Å². The summed E-state index contributed by atoms with van der Waals surface area (Å²) in [5, 5.41) is 4.62. The second-order valence-corrected chi connectivity index (χ2v) is 7.16. The Morgan fingerprint density at radius 1 is 1.23 bits per heavy atom. The molecule has 0 unspecified atom stereocenters. The predicted octanol–water partition coefficient (Wildman–Crippen LogP) is 3.18. The maximum Gasteiger partial charge on any atom is 0.253 e. The van der Waals surface area contributed by atoms with Crippen LogP contribution in [0.5, 0.6) is 0 Å². The van der Waals surface area contributed by atoms with Gasteiger partial charge in [-0.1, -0.05) is 11.6 Å². The summed E-state index contributed by atoms with van der Waals surface area (Å²) in [4.78, 5) is 27.2. The minimum absolute atomic E-state index is 0.0688. The Morgan fingerprint density at radius 3 is 3.00 bits per heavy atom. The van der Waals surface area contributed by atoms with Crippen molar-refractivity contribution in [2.45, 2.75) is 38.8 Å². The molecule has 0 bridgehead atoms. The maximum atomic E-state index is 12.2. The number of pyridine rings is 1. The lowest BCUT2D eigenvalue weighted by Gasteiger charge is -2.08. The molecule has 0 radical (unpaired) electrons. The van der Waals surface area contributed by atoms with Crippen LogP contribution in [0.4, 0.5) is 0 Å². The quantitative estimate of drug-likeness (QED) is 0.725. The molecule has 134 valence electrons. The highest BCUT2D eigenvalue weighted by Crippen LogP contribution is 2.21. The number of aromatic amines is 1. The summed E-state index contributed by atoms with van der Waals surface area (Å²) in [5.41, 5.74) is 3.83. The van der Waals surface area contributed by atoms with Crippen molar-refractivity contribution in [2.24, 2.45) is 0 Å². The van der Waals surface area contributed by atoms with E-state index < -0.39 is 0 Å². The van der Waals surface area contributed by atoms with Gasteiger partial charge in [-0.3, -0.25) is 9.59 Å². The fourth-order valence-corrected chi connectivity index (χ4v) is 3.74. The van der Waals surface area contributed by atoms with E-state index in [1.54, 1.807) is 0 Å². The van der Waals surface area contributed by atoms with E-state index in [0.29, 0.717) is 23.6 Å². The van der Waals surface area contributed by atoms with Crippen molar-refractivity contribution in [1.29, 1.82) is 0 Å². The largest absolute Gasteiger partial charge is 0.352 e. The second kappa shape index (κ2) is 7.00. The Balaban J connectivity index is 1.36. The van der Waals surface area contributed by atoms with E-state index in [1.807, 2.05) is 41.1 Å². The monoisotopic (exact) mass is 369 g/mol. The third-order valence-corrected chi connectivity index (χ3v) is 5.19. The summed E-state index contributed by atoms with van der Waals surface area (Å²) in [5.74, 6) is -0.0688. The number of nitrogens with one attached hydrogen (secondary N) is 2. The molecule has 26 heavy (non-hydrogen) atoms. The SMILES string of the molecule is O=C(CCn1ccc2cc(Cl)ccc21)NCc1cc2c([nH]c1=O)CCC2. The number of H-pyrrole nitrogens is 1. The second-order valence-electron chi connectivity index (χ2n) is 6.72. The number of rotatable bonds is 5. The molecule has 0 atom stereocenters. The molecule has 5 nitrogen and oxygen atoms in total. The van der Waals surface area contributed by atoms with Crippen molar-refractivity contribution in [3.05, 3.63) is 68.7 Å². The first-order valence-electron chi connectivity index (χ1n) is 8.85.